The summed E-state index contributed by atoms with van der Waals surface area (Å²) in [6, 6.07) is 8.34. The SMILES string of the molecule is CNC(c1cc2cccc(C)c2o1)c1c(C)oc(C)c1C. The lowest BCUT2D eigenvalue weighted by atomic mass is 10.00. The molecule has 0 fully saturated rings. The van der Waals surface area contributed by atoms with Crippen LogP contribution in [0.1, 0.15) is 40.0 Å². The summed E-state index contributed by atoms with van der Waals surface area (Å²) in [7, 11) is 1.95. The fourth-order valence-electron chi connectivity index (χ4n) is 3.03. The Balaban J connectivity index is 2.16. The van der Waals surface area contributed by atoms with Gasteiger partial charge in [-0.15, -0.1) is 0 Å². The third-order valence-corrected chi connectivity index (χ3v) is 4.24. The van der Waals surface area contributed by atoms with Gasteiger partial charge in [0, 0.05) is 10.9 Å². The second-order valence-electron chi connectivity index (χ2n) is 5.62. The van der Waals surface area contributed by atoms with E-state index in [9.17, 15) is 0 Å². The highest BCUT2D eigenvalue weighted by Gasteiger charge is 2.24. The second kappa shape index (κ2) is 5.08. The summed E-state index contributed by atoms with van der Waals surface area (Å²) in [4.78, 5) is 0. The van der Waals surface area contributed by atoms with Crippen LogP contribution in [-0.4, -0.2) is 7.05 Å². The molecule has 0 amide bonds. The van der Waals surface area contributed by atoms with Crippen molar-refractivity contribution in [2.75, 3.05) is 7.05 Å². The molecule has 1 N–H and O–H groups in total. The minimum Gasteiger partial charge on any atom is -0.466 e. The predicted octanol–water partition coefficient (Wildman–Crippen LogP) is 4.57. The fourth-order valence-corrected chi connectivity index (χ4v) is 3.03. The number of aryl methyl sites for hydroxylation is 3. The standard InChI is InChI=1S/C18H21NO2/c1-10-7-6-8-14-9-15(21-18(10)14)17(19-5)16-11(2)12(3)20-13(16)4/h6-9,17,19H,1-5H3. The zero-order valence-electron chi connectivity index (χ0n) is 13.2. The maximum Gasteiger partial charge on any atom is 0.137 e. The van der Waals surface area contributed by atoms with E-state index >= 15 is 0 Å². The Hall–Kier alpha value is -2.00. The largest absolute Gasteiger partial charge is 0.466 e. The van der Waals surface area contributed by atoms with Crippen LogP contribution in [-0.2, 0) is 0 Å². The molecular weight excluding hydrogens is 262 g/mol. The van der Waals surface area contributed by atoms with Gasteiger partial charge in [-0.2, -0.15) is 0 Å². The number of furan rings is 2. The van der Waals surface area contributed by atoms with E-state index in [0.717, 1.165) is 33.8 Å². The molecule has 2 aromatic heterocycles. The molecule has 0 aliphatic carbocycles. The van der Waals surface area contributed by atoms with E-state index in [1.54, 1.807) is 0 Å². The molecule has 0 radical (unpaired) electrons. The fraction of sp³-hybridized carbons (Fsp3) is 0.333. The molecule has 0 saturated heterocycles. The maximum absolute atomic E-state index is 6.12. The van der Waals surface area contributed by atoms with Crippen LogP contribution in [0.4, 0.5) is 0 Å². The second-order valence-corrected chi connectivity index (χ2v) is 5.62. The van der Waals surface area contributed by atoms with Gasteiger partial charge in [0.25, 0.3) is 0 Å². The van der Waals surface area contributed by atoms with Crippen LogP contribution in [0.2, 0.25) is 0 Å². The maximum atomic E-state index is 6.12. The summed E-state index contributed by atoms with van der Waals surface area (Å²) in [5, 5.41) is 4.50. The Morgan fingerprint density at radius 3 is 2.33 bits per heavy atom. The number of para-hydroxylation sites is 1. The van der Waals surface area contributed by atoms with Crippen molar-refractivity contribution >= 4 is 11.0 Å². The molecule has 0 bridgehead atoms. The lowest BCUT2D eigenvalue weighted by Gasteiger charge is -2.14. The number of nitrogens with one attached hydrogen (secondary N) is 1. The van der Waals surface area contributed by atoms with Crippen molar-refractivity contribution in [3.8, 4) is 0 Å². The Labute approximate surface area is 124 Å². The lowest BCUT2D eigenvalue weighted by molar-refractivity contribution is 0.470. The molecule has 21 heavy (non-hydrogen) atoms. The first-order chi connectivity index (χ1) is 10.0. The molecule has 0 spiro atoms. The van der Waals surface area contributed by atoms with E-state index in [4.69, 9.17) is 8.83 Å². The molecule has 2 heterocycles. The number of rotatable bonds is 3. The molecule has 3 aromatic rings. The molecule has 1 unspecified atom stereocenters. The van der Waals surface area contributed by atoms with Crippen molar-refractivity contribution in [1.82, 2.24) is 5.32 Å². The minimum atomic E-state index is 0.00856. The van der Waals surface area contributed by atoms with Crippen molar-refractivity contribution in [2.24, 2.45) is 0 Å². The van der Waals surface area contributed by atoms with Gasteiger partial charge >= 0.3 is 0 Å². The molecule has 1 aromatic carbocycles. The normalized spacial score (nSPS) is 13.0. The van der Waals surface area contributed by atoms with Crippen LogP contribution < -0.4 is 5.32 Å². The van der Waals surface area contributed by atoms with E-state index in [1.165, 1.54) is 11.1 Å². The smallest absolute Gasteiger partial charge is 0.137 e. The molecule has 0 aliphatic heterocycles. The van der Waals surface area contributed by atoms with Gasteiger partial charge in [0.1, 0.15) is 22.9 Å². The van der Waals surface area contributed by atoms with Crippen LogP contribution in [0.5, 0.6) is 0 Å². The Morgan fingerprint density at radius 1 is 1.00 bits per heavy atom. The topological polar surface area (TPSA) is 38.3 Å². The van der Waals surface area contributed by atoms with E-state index in [0.29, 0.717) is 0 Å². The highest BCUT2D eigenvalue weighted by atomic mass is 16.3. The number of hydrogen-bond acceptors (Lipinski definition) is 3. The Bertz CT molecular complexity index is 795. The first kappa shape index (κ1) is 14.0. The zero-order chi connectivity index (χ0) is 15.1. The zero-order valence-corrected chi connectivity index (χ0v) is 13.2. The van der Waals surface area contributed by atoms with Crippen LogP contribution in [0.3, 0.4) is 0 Å². The number of hydrogen-bond donors (Lipinski definition) is 1. The molecule has 3 nitrogen and oxygen atoms in total. The molecule has 1 atom stereocenters. The molecule has 110 valence electrons. The summed E-state index contributed by atoms with van der Waals surface area (Å²) >= 11 is 0. The van der Waals surface area contributed by atoms with E-state index in [2.05, 4.69) is 43.4 Å². The van der Waals surface area contributed by atoms with Crippen molar-refractivity contribution in [3.05, 3.63) is 58.2 Å². The molecule has 3 rings (SSSR count). The number of fused-ring (bicyclic) bond motifs is 1. The third-order valence-electron chi connectivity index (χ3n) is 4.24. The lowest BCUT2D eigenvalue weighted by Crippen LogP contribution is -2.18. The quantitative estimate of drug-likeness (QED) is 0.765. The average Bonchev–Trinajstić information content (AvgIpc) is 2.97. The van der Waals surface area contributed by atoms with Crippen LogP contribution in [0.25, 0.3) is 11.0 Å². The van der Waals surface area contributed by atoms with Crippen LogP contribution >= 0.6 is 0 Å². The summed E-state index contributed by atoms with van der Waals surface area (Å²) in [6.45, 7) is 8.18. The Morgan fingerprint density at radius 2 is 1.76 bits per heavy atom. The summed E-state index contributed by atoms with van der Waals surface area (Å²) in [6.07, 6.45) is 0. The van der Waals surface area contributed by atoms with Crippen molar-refractivity contribution in [2.45, 2.75) is 33.7 Å². The van der Waals surface area contributed by atoms with E-state index < -0.39 is 0 Å². The monoisotopic (exact) mass is 283 g/mol. The molecule has 0 aliphatic rings. The molecular formula is C18H21NO2. The first-order valence-corrected chi connectivity index (χ1v) is 7.25. The summed E-state index contributed by atoms with van der Waals surface area (Å²) < 4.78 is 11.9. The van der Waals surface area contributed by atoms with Gasteiger partial charge < -0.3 is 14.2 Å². The van der Waals surface area contributed by atoms with Gasteiger partial charge in [-0.3, -0.25) is 0 Å². The van der Waals surface area contributed by atoms with Crippen molar-refractivity contribution < 1.29 is 8.83 Å². The van der Waals surface area contributed by atoms with E-state index in [-0.39, 0.29) is 6.04 Å². The minimum absolute atomic E-state index is 0.00856. The van der Waals surface area contributed by atoms with Crippen molar-refractivity contribution in [3.63, 3.8) is 0 Å². The van der Waals surface area contributed by atoms with Gasteiger partial charge in [0.2, 0.25) is 0 Å². The Kier molecular flexibility index (Phi) is 3.38. The van der Waals surface area contributed by atoms with Gasteiger partial charge in [-0.1, -0.05) is 18.2 Å². The average molecular weight is 283 g/mol. The van der Waals surface area contributed by atoms with E-state index in [1.807, 2.05) is 20.9 Å². The van der Waals surface area contributed by atoms with Crippen LogP contribution in [0, 0.1) is 27.7 Å². The van der Waals surface area contributed by atoms with Crippen LogP contribution in [0.15, 0.2) is 33.1 Å². The highest BCUT2D eigenvalue weighted by Crippen LogP contribution is 2.34. The molecule has 3 heteroatoms. The van der Waals surface area contributed by atoms with Gasteiger partial charge in [0.05, 0.1) is 6.04 Å². The predicted molar refractivity (Wildman–Crippen MR) is 84.8 cm³/mol. The highest BCUT2D eigenvalue weighted by molar-refractivity contribution is 5.81. The van der Waals surface area contributed by atoms with Gasteiger partial charge in [-0.25, -0.2) is 0 Å². The number of benzene rings is 1. The first-order valence-electron chi connectivity index (χ1n) is 7.25. The summed E-state index contributed by atoms with van der Waals surface area (Å²) in [5.41, 5.74) is 4.48. The molecule has 0 saturated carbocycles. The van der Waals surface area contributed by atoms with Gasteiger partial charge in [-0.05, 0) is 51.9 Å². The third kappa shape index (κ3) is 2.18. The van der Waals surface area contributed by atoms with Crippen molar-refractivity contribution in [1.29, 1.82) is 0 Å². The summed E-state index contributed by atoms with van der Waals surface area (Å²) in [5.74, 6) is 2.84. The van der Waals surface area contributed by atoms with Gasteiger partial charge in [0.15, 0.2) is 0 Å².